The maximum atomic E-state index is 11.4. The summed E-state index contributed by atoms with van der Waals surface area (Å²) in [6.07, 6.45) is 6.94. The molecule has 0 saturated carbocycles. The first-order valence-electron chi connectivity index (χ1n) is 3.57. The third-order valence-electron chi connectivity index (χ3n) is 1.40. The lowest BCUT2D eigenvalue weighted by molar-refractivity contribution is 0.746. The first-order chi connectivity index (χ1) is 5.75. The highest BCUT2D eigenvalue weighted by Crippen LogP contribution is 1.92. The van der Waals surface area contributed by atoms with Crippen molar-refractivity contribution in [3.05, 3.63) is 38.6 Å². The van der Waals surface area contributed by atoms with Crippen LogP contribution in [0.5, 0.6) is 0 Å². The molecule has 1 aromatic heterocycles. The van der Waals surface area contributed by atoms with Gasteiger partial charge in [0.05, 0.1) is 9.90 Å². The summed E-state index contributed by atoms with van der Waals surface area (Å²) in [5, 5.41) is 0. The second kappa shape index (κ2) is 4.39. The molecule has 0 aliphatic heterocycles. The summed E-state index contributed by atoms with van der Waals surface area (Å²) in [6.45, 7) is 2.52. The normalized spacial score (nSPS) is 10.8. The van der Waals surface area contributed by atoms with E-state index in [0.29, 0.717) is 10.1 Å². The number of halogens is 1. The highest BCUT2D eigenvalue weighted by molar-refractivity contribution is 14.1. The van der Waals surface area contributed by atoms with Crippen molar-refractivity contribution < 1.29 is 0 Å². The first-order valence-corrected chi connectivity index (χ1v) is 4.64. The lowest BCUT2D eigenvalue weighted by Gasteiger charge is -1.99. The average Bonchev–Trinajstić information content (AvgIpc) is 2.08. The van der Waals surface area contributed by atoms with E-state index in [1.165, 1.54) is 0 Å². The molecule has 0 fully saturated rings. The molecule has 3 nitrogen and oxygen atoms in total. The van der Waals surface area contributed by atoms with Gasteiger partial charge in [-0.1, -0.05) is 12.2 Å². The number of rotatable bonds is 2. The Labute approximate surface area is 84.3 Å². The fourth-order valence-electron chi connectivity index (χ4n) is 0.773. The summed E-state index contributed by atoms with van der Waals surface area (Å²) in [7, 11) is 0. The first kappa shape index (κ1) is 9.44. The van der Waals surface area contributed by atoms with Gasteiger partial charge in [-0.15, -0.1) is 0 Å². The second-order valence-electron chi connectivity index (χ2n) is 2.27. The van der Waals surface area contributed by atoms with Crippen molar-refractivity contribution >= 4 is 22.6 Å². The van der Waals surface area contributed by atoms with E-state index in [1.807, 2.05) is 41.7 Å². The molecule has 0 amide bonds. The summed E-state index contributed by atoms with van der Waals surface area (Å²) in [5.74, 6) is 0. The van der Waals surface area contributed by atoms with Crippen molar-refractivity contribution in [2.75, 3.05) is 0 Å². The van der Waals surface area contributed by atoms with Crippen molar-refractivity contribution in [1.29, 1.82) is 0 Å². The minimum absolute atomic E-state index is 0.0173. The van der Waals surface area contributed by atoms with Crippen LogP contribution in [0.15, 0.2) is 29.5 Å². The van der Waals surface area contributed by atoms with Gasteiger partial charge < -0.3 is 0 Å². The van der Waals surface area contributed by atoms with E-state index in [9.17, 15) is 4.79 Å². The van der Waals surface area contributed by atoms with E-state index < -0.39 is 0 Å². The van der Waals surface area contributed by atoms with Gasteiger partial charge in [-0.2, -0.15) is 0 Å². The summed E-state index contributed by atoms with van der Waals surface area (Å²) in [6, 6.07) is 0. The van der Waals surface area contributed by atoms with Crippen LogP contribution in [0.25, 0.3) is 0 Å². The number of aromatic nitrogens is 2. The highest BCUT2D eigenvalue weighted by Gasteiger charge is 1.97. The minimum Gasteiger partial charge on any atom is -0.294 e. The third kappa shape index (κ3) is 2.17. The van der Waals surface area contributed by atoms with E-state index in [-0.39, 0.29) is 5.56 Å². The van der Waals surface area contributed by atoms with E-state index in [0.717, 1.165) is 0 Å². The molecule has 64 valence electrons. The number of hydrogen-bond donors (Lipinski definition) is 0. The lowest BCUT2D eigenvalue weighted by atomic mass is 10.5. The van der Waals surface area contributed by atoms with Crippen molar-refractivity contribution in [1.82, 2.24) is 9.55 Å². The van der Waals surface area contributed by atoms with Crippen LogP contribution in [0.2, 0.25) is 0 Å². The molecular weight excluding hydrogens is 267 g/mol. The van der Waals surface area contributed by atoms with Gasteiger partial charge in [-0.05, 0) is 29.5 Å². The number of allylic oxidation sites excluding steroid dienone is 2. The molecule has 0 radical (unpaired) electrons. The molecule has 4 heteroatoms. The Morgan fingerprint density at radius 1 is 1.75 bits per heavy atom. The van der Waals surface area contributed by atoms with Crippen molar-refractivity contribution in [2.45, 2.75) is 13.5 Å². The van der Waals surface area contributed by atoms with Crippen LogP contribution in [0.4, 0.5) is 0 Å². The van der Waals surface area contributed by atoms with Crippen molar-refractivity contribution in [3.8, 4) is 0 Å². The van der Waals surface area contributed by atoms with Gasteiger partial charge in [0.1, 0.15) is 0 Å². The summed E-state index contributed by atoms with van der Waals surface area (Å²) >= 11 is 1.98. The molecule has 0 atom stereocenters. The van der Waals surface area contributed by atoms with Crippen LogP contribution in [0, 0.1) is 3.57 Å². The average molecular weight is 276 g/mol. The van der Waals surface area contributed by atoms with Crippen LogP contribution >= 0.6 is 22.6 Å². The van der Waals surface area contributed by atoms with Crippen LogP contribution < -0.4 is 5.56 Å². The molecular formula is C8H9IN2O. The summed E-state index contributed by atoms with van der Waals surface area (Å²) in [4.78, 5) is 15.3. The van der Waals surface area contributed by atoms with E-state index >= 15 is 0 Å². The summed E-state index contributed by atoms with van der Waals surface area (Å²) < 4.78 is 2.22. The largest absolute Gasteiger partial charge is 0.294 e. The van der Waals surface area contributed by atoms with Gasteiger partial charge in [0, 0.05) is 12.7 Å². The standard InChI is InChI=1S/C8H9IN2O/c1-2-3-4-11-6-10-5-7(9)8(11)12/h2-3,5-6H,4H2,1H3. The molecule has 0 saturated heterocycles. The molecule has 0 unspecified atom stereocenters. The van der Waals surface area contributed by atoms with Crippen molar-refractivity contribution in [2.24, 2.45) is 0 Å². The van der Waals surface area contributed by atoms with Gasteiger partial charge in [0.25, 0.3) is 5.56 Å². The lowest BCUT2D eigenvalue weighted by Crippen LogP contribution is -2.21. The molecule has 0 aliphatic carbocycles. The van der Waals surface area contributed by atoms with E-state index in [4.69, 9.17) is 0 Å². The molecule has 0 aliphatic rings. The smallest absolute Gasteiger partial charge is 0.267 e. The monoisotopic (exact) mass is 276 g/mol. The minimum atomic E-state index is 0.0173. The molecule has 0 spiro atoms. The van der Waals surface area contributed by atoms with Crippen LogP contribution in [0.1, 0.15) is 6.92 Å². The zero-order chi connectivity index (χ0) is 8.97. The molecule has 1 aromatic rings. The Bertz CT molecular complexity index is 343. The molecule has 0 aromatic carbocycles. The van der Waals surface area contributed by atoms with Crippen LogP contribution in [0.3, 0.4) is 0 Å². The van der Waals surface area contributed by atoms with Gasteiger partial charge >= 0.3 is 0 Å². The Balaban J connectivity index is 3.00. The Hall–Kier alpha value is -0.650. The topological polar surface area (TPSA) is 34.9 Å². The molecule has 1 rings (SSSR count). The van der Waals surface area contributed by atoms with Gasteiger partial charge in [-0.25, -0.2) is 4.98 Å². The fraction of sp³-hybridized carbons (Fsp3) is 0.250. The van der Waals surface area contributed by atoms with Gasteiger partial charge in [0.15, 0.2) is 0 Å². The van der Waals surface area contributed by atoms with Crippen LogP contribution in [-0.2, 0) is 6.54 Å². The maximum absolute atomic E-state index is 11.4. The van der Waals surface area contributed by atoms with Gasteiger partial charge in [-0.3, -0.25) is 9.36 Å². The quantitative estimate of drug-likeness (QED) is 0.605. The van der Waals surface area contributed by atoms with Crippen molar-refractivity contribution in [3.63, 3.8) is 0 Å². The van der Waals surface area contributed by atoms with E-state index in [1.54, 1.807) is 17.1 Å². The van der Waals surface area contributed by atoms with Gasteiger partial charge in [0.2, 0.25) is 0 Å². The SMILES string of the molecule is CC=CCn1cncc(I)c1=O. The molecule has 0 bridgehead atoms. The highest BCUT2D eigenvalue weighted by atomic mass is 127. The number of hydrogen-bond acceptors (Lipinski definition) is 2. The van der Waals surface area contributed by atoms with Crippen LogP contribution in [-0.4, -0.2) is 9.55 Å². The molecule has 1 heterocycles. The predicted molar refractivity (Wildman–Crippen MR) is 56.0 cm³/mol. The zero-order valence-electron chi connectivity index (χ0n) is 6.70. The molecule has 12 heavy (non-hydrogen) atoms. The Kier molecular flexibility index (Phi) is 3.46. The number of nitrogens with zero attached hydrogens (tertiary/aromatic N) is 2. The zero-order valence-corrected chi connectivity index (χ0v) is 8.85. The Morgan fingerprint density at radius 2 is 2.50 bits per heavy atom. The van der Waals surface area contributed by atoms with E-state index in [2.05, 4.69) is 4.98 Å². The summed E-state index contributed by atoms with van der Waals surface area (Å²) in [5.41, 5.74) is 0.0173. The maximum Gasteiger partial charge on any atom is 0.267 e. The fourth-order valence-corrected chi connectivity index (χ4v) is 1.24. The molecule has 0 N–H and O–H groups in total. The second-order valence-corrected chi connectivity index (χ2v) is 3.43. The third-order valence-corrected chi connectivity index (χ3v) is 2.14. The Morgan fingerprint density at radius 3 is 3.17 bits per heavy atom. The predicted octanol–water partition coefficient (Wildman–Crippen LogP) is 1.42.